The van der Waals surface area contributed by atoms with E-state index in [1.807, 2.05) is 6.07 Å². The van der Waals surface area contributed by atoms with E-state index in [9.17, 15) is 5.11 Å². The van der Waals surface area contributed by atoms with Crippen molar-refractivity contribution in [3.05, 3.63) is 59.9 Å². The summed E-state index contributed by atoms with van der Waals surface area (Å²) < 4.78 is 0. The Kier molecular flexibility index (Phi) is 4.56. The summed E-state index contributed by atoms with van der Waals surface area (Å²) >= 11 is 0. The Balaban J connectivity index is 2.31. The molecule has 1 heterocycles. The van der Waals surface area contributed by atoms with Crippen LogP contribution in [-0.4, -0.2) is 10.1 Å². The Morgan fingerprint density at radius 3 is 2.16 bits per heavy atom. The monoisotopic (exact) mass is 255 g/mol. The summed E-state index contributed by atoms with van der Waals surface area (Å²) in [4.78, 5) is 4.39. The van der Waals surface area contributed by atoms with Gasteiger partial charge in [-0.25, -0.2) is 0 Å². The lowest BCUT2D eigenvalue weighted by Gasteiger charge is -2.25. The van der Waals surface area contributed by atoms with Gasteiger partial charge in [-0.15, -0.1) is 0 Å². The van der Waals surface area contributed by atoms with Crippen molar-refractivity contribution >= 4 is 0 Å². The van der Waals surface area contributed by atoms with Gasteiger partial charge in [0.15, 0.2) is 0 Å². The minimum Gasteiger partial charge on any atom is -0.506 e. The third kappa shape index (κ3) is 3.14. The highest BCUT2D eigenvalue weighted by atomic mass is 16.3. The Bertz CT molecular complexity index is 492. The lowest BCUT2D eigenvalue weighted by atomic mass is 9.80. The second kappa shape index (κ2) is 6.37. The quantitative estimate of drug-likeness (QED) is 0.854. The molecular formula is C17H21NO. The van der Waals surface area contributed by atoms with Gasteiger partial charge in [0.05, 0.1) is 6.20 Å². The highest BCUT2D eigenvalue weighted by Crippen LogP contribution is 2.37. The molecule has 0 aliphatic heterocycles. The van der Waals surface area contributed by atoms with Crippen molar-refractivity contribution in [2.75, 3.05) is 0 Å². The zero-order chi connectivity index (χ0) is 13.7. The molecule has 0 saturated carbocycles. The fourth-order valence-corrected chi connectivity index (χ4v) is 2.77. The van der Waals surface area contributed by atoms with E-state index >= 15 is 0 Å². The first kappa shape index (κ1) is 13.6. The van der Waals surface area contributed by atoms with Crippen molar-refractivity contribution in [3.63, 3.8) is 0 Å². The van der Waals surface area contributed by atoms with E-state index in [1.165, 1.54) is 11.8 Å². The molecule has 100 valence electrons. The van der Waals surface area contributed by atoms with E-state index in [0.29, 0.717) is 11.8 Å². The van der Waals surface area contributed by atoms with Crippen LogP contribution >= 0.6 is 0 Å². The van der Waals surface area contributed by atoms with Crippen LogP contribution in [0.1, 0.15) is 49.8 Å². The zero-order valence-electron chi connectivity index (χ0n) is 11.6. The SMILES string of the molecule is CC[C@H](c1ccc(O)cn1)[C@@H](CC)c1ccccc1. The smallest absolute Gasteiger partial charge is 0.133 e. The van der Waals surface area contributed by atoms with E-state index in [4.69, 9.17) is 0 Å². The maximum absolute atomic E-state index is 9.36. The van der Waals surface area contributed by atoms with Crippen LogP contribution in [0.3, 0.4) is 0 Å². The van der Waals surface area contributed by atoms with Gasteiger partial charge >= 0.3 is 0 Å². The van der Waals surface area contributed by atoms with Gasteiger partial charge in [0.1, 0.15) is 5.75 Å². The van der Waals surface area contributed by atoms with Crippen molar-refractivity contribution in [3.8, 4) is 5.75 Å². The summed E-state index contributed by atoms with van der Waals surface area (Å²) in [5, 5.41) is 9.36. The van der Waals surface area contributed by atoms with E-state index in [0.717, 1.165) is 18.5 Å². The fourth-order valence-electron chi connectivity index (χ4n) is 2.77. The summed E-state index contributed by atoms with van der Waals surface area (Å²) in [5.74, 6) is 1.10. The number of benzene rings is 1. The molecule has 2 rings (SSSR count). The molecule has 2 nitrogen and oxygen atoms in total. The van der Waals surface area contributed by atoms with E-state index in [1.54, 1.807) is 6.07 Å². The normalized spacial score (nSPS) is 14.0. The molecule has 0 amide bonds. The molecule has 0 spiro atoms. The van der Waals surface area contributed by atoms with Crippen molar-refractivity contribution in [1.82, 2.24) is 4.98 Å². The predicted octanol–water partition coefficient (Wildman–Crippen LogP) is 4.47. The topological polar surface area (TPSA) is 33.1 Å². The van der Waals surface area contributed by atoms with Gasteiger partial charge in [0, 0.05) is 11.6 Å². The second-order valence-corrected chi connectivity index (χ2v) is 4.88. The second-order valence-electron chi connectivity index (χ2n) is 4.88. The minimum atomic E-state index is 0.228. The maximum atomic E-state index is 9.36. The number of hydrogen-bond donors (Lipinski definition) is 1. The molecule has 1 N–H and O–H groups in total. The largest absolute Gasteiger partial charge is 0.506 e. The Labute approximate surface area is 115 Å². The Morgan fingerprint density at radius 2 is 1.63 bits per heavy atom. The molecule has 2 heteroatoms. The Hall–Kier alpha value is -1.83. The average molecular weight is 255 g/mol. The number of aromatic nitrogens is 1. The van der Waals surface area contributed by atoms with Gasteiger partial charge in [-0.05, 0) is 36.5 Å². The van der Waals surface area contributed by atoms with E-state index in [2.05, 4.69) is 49.2 Å². The van der Waals surface area contributed by atoms with Crippen LogP contribution in [0.15, 0.2) is 48.7 Å². The summed E-state index contributed by atoms with van der Waals surface area (Å²) in [7, 11) is 0. The highest BCUT2D eigenvalue weighted by Gasteiger charge is 2.22. The molecular weight excluding hydrogens is 234 g/mol. The van der Waals surface area contributed by atoms with Crippen LogP contribution in [-0.2, 0) is 0 Å². The van der Waals surface area contributed by atoms with Gasteiger partial charge in [-0.2, -0.15) is 0 Å². The van der Waals surface area contributed by atoms with Crippen LogP contribution in [0, 0.1) is 0 Å². The third-order valence-corrected chi connectivity index (χ3v) is 3.74. The van der Waals surface area contributed by atoms with Gasteiger partial charge in [0.25, 0.3) is 0 Å². The van der Waals surface area contributed by atoms with E-state index < -0.39 is 0 Å². The first-order valence-electron chi connectivity index (χ1n) is 6.96. The summed E-state index contributed by atoms with van der Waals surface area (Å²) in [6.07, 6.45) is 3.67. The van der Waals surface area contributed by atoms with Crippen LogP contribution in [0.25, 0.3) is 0 Å². The van der Waals surface area contributed by atoms with Crippen LogP contribution in [0.2, 0.25) is 0 Å². The zero-order valence-corrected chi connectivity index (χ0v) is 11.6. The van der Waals surface area contributed by atoms with Crippen molar-refractivity contribution in [2.24, 2.45) is 0 Å². The number of nitrogens with zero attached hydrogens (tertiary/aromatic N) is 1. The molecule has 2 aromatic rings. The van der Waals surface area contributed by atoms with Crippen molar-refractivity contribution < 1.29 is 5.11 Å². The lowest BCUT2D eigenvalue weighted by molar-refractivity contribution is 0.466. The molecule has 1 aromatic heterocycles. The van der Waals surface area contributed by atoms with Crippen LogP contribution in [0.5, 0.6) is 5.75 Å². The van der Waals surface area contributed by atoms with Crippen molar-refractivity contribution in [2.45, 2.75) is 38.5 Å². The number of pyridine rings is 1. The minimum absolute atomic E-state index is 0.228. The molecule has 19 heavy (non-hydrogen) atoms. The van der Waals surface area contributed by atoms with Gasteiger partial charge in [-0.1, -0.05) is 44.2 Å². The van der Waals surface area contributed by atoms with Gasteiger partial charge in [0.2, 0.25) is 0 Å². The highest BCUT2D eigenvalue weighted by molar-refractivity contribution is 5.27. The molecule has 2 atom stereocenters. The molecule has 0 bridgehead atoms. The van der Waals surface area contributed by atoms with Gasteiger partial charge in [-0.3, -0.25) is 4.98 Å². The standard InChI is InChI=1S/C17H21NO/c1-3-15(13-8-6-5-7-9-13)16(4-2)17-11-10-14(19)12-18-17/h5-12,15-16,19H,3-4H2,1-2H3/t15-,16-/m0/s1. The molecule has 0 fully saturated rings. The summed E-state index contributed by atoms with van der Waals surface area (Å²) in [6, 6.07) is 14.3. The fraction of sp³-hybridized carbons (Fsp3) is 0.353. The van der Waals surface area contributed by atoms with Gasteiger partial charge < -0.3 is 5.11 Å². The molecule has 0 saturated heterocycles. The molecule has 1 aromatic carbocycles. The summed E-state index contributed by atoms with van der Waals surface area (Å²) in [6.45, 7) is 4.42. The lowest BCUT2D eigenvalue weighted by Crippen LogP contribution is -2.11. The number of hydrogen-bond acceptors (Lipinski definition) is 2. The molecule has 0 aliphatic rings. The first-order chi connectivity index (χ1) is 9.26. The maximum Gasteiger partial charge on any atom is 0.133 e. The van der Waals surface area contributed by atoms with E-state index in [-0.39, 0.29) is 5.75 Å². The number of rotatable bonds is 5. The first-order valence-corrected chi connectivity index (χ1v) is 6.96. The van der Waals surface area contributed by atoms with Crippen molar-refractivity contribution in [1.29, 1.82) is 0 Å². The summed E-state index contributed by atoms with van der Waals surface area (Å²) in [5.41, 5.74) is 2.43. The Morgan fingerprint density at radius 1 is 0.947 bits per heavy atom. The average Bonchev–Trinajstić information content (AvgIpc) is 2.47. The van der Waals surface area contributed by atoms with Crippen LogP contribution < -0.4 is 0 Å². The van der Waals surface area contributed by atoms with Crippen LogP contribution in [0.4, 0.5) is 0 Å². The molecule has 0 unspecified atom stereocenters. The molecule has 0 radical (unpaired) electrons. The number of aromatic hydroxyl groups is 1. The predicted molar refractivity (Wildman–Crippen MR) is 78.4 cm³/mol. The third-order valence-electron chi connectivity index (χ3n) is 3.74. The molecule has 0 aliphatic carbocycles.